The lowest BCUT2D eigenvalue weighted by atomic mass is 10.1. The van der Waals surface area contributed by atoms with Gasteiger partial charge in [-0.3, -0.25) is 9.59 Å². The predicted octanol–water partition coefficient (Wildman–Crippen LogP) is 3.49. The lowest BCUT2D eigenvalue weighted by molar-refractivity contribution is 0.0831. The number of carbonyl (C=O) groups excluding carboxylic acids is 2. The molecule has 0 fully saturated rings. The van der Waals surface area contributed by atoms with Crippen molar-refractivity contribution in [2.24, 2.45) is 0 Å². The Labute approximate surface area is 152 Å². The van der Waals surface area contributed by atoms with E-state index in [1.54, 1.807) is 33.2 Å². The molecule has 23 heavy (non-hydrogen) atoms. The standard InChI is InChI=1S/C16H14IN3O2S/c1-9-11(8-18)15(23-13(9)16(22)20(2)3)19-14(21)10-6-4-5-7-12(10)17/h4-7H,1-3H3,(H,19,21). The van der Waals surface area contributed by atoms with Crippen LogP contribution < -0.4 is 5.32 Å². The fraction of sp³-hybridized carbons (Fsp3) is 0.188. The summed E-state index contributed by atoms with van der Waals surface area (Å²) in [6.07, 6.45) is 0. The van der Waals surface area contributed by atoms with Gasteiger partial charge < -0.3 is 10.2 Å². The first-order valence-corrected chi connectivity index (χ1v) is 8.57. The van der Waals surface area contributed by atoms with Crippen LogP contribution in [0.15, 0.2) is 24.3 Å². The van der Waals surface area contributed by atoms with Gasteiger partial charge in [0, 0.05) is 17.7 Å². The van der Waals surface area contributed by atoms with Crippen LogP contribution in [-0.2, 0) is 0 Å². The number of anilines is 1. The molecule has 1 aromatic heterocycles. The third-order valence-electron chi connectivity index (χ3n) is 3.20. The maximum Gasteiger partial charge on any atom is 0.263 e. The molecule has 2 rings (SSSR count). The molecular formula is C16H14IN3O2S. The Kier molecular flexibility index (Phi) is 5.38. The van der Waals surface area contributed by atoms with Crippen molar-refractivity contribution in [1.82, 2.24) is 4.90 Å². The van der Waals surface area contributed by atoms with Crippen molar-refractivity contribution < 1.29 is 9.59 Å². The monoisotopic (exact) mass is 439 g/mol. The van der Waals surface area contributed by atoms with Crippen molar-refractivity contribution in [2.75, 3.05) is 19.4 Å². The van der Waals surface area contributed by atoms with Gasteiger partial charge in [-0.15, -0.1) is 11.3 Å². The van der Waals surface area contributed by atoms with Crippen LogP contribution in [-0.4, -0.2) is 30.8 Å². The van der Waals surface area contributed by atoms with Crippen molar-refractivity contribution in [1.29, 1.82) is 5.26 Å². The Hall–Kier alpha value is -1.92. The van der Waals surface area contributed by atoms with Gasteiger partial charge in [-0.2, -0.15) is 5.26 Å². The van der Waals surface area contributed by atoms with Crippen molar-refractivity contribution in [3.63, 3.8) is 0 Å². The first kappa shape index (κ1) is 17.4. The molecule has 1 heterocycles. The Morgan fingerprint density at radius 2 is 1.96 bits per heavy atom. The van der Waals surface area contributed by atoms with Crippen LogP contribution in [0.4, 0.5) is 5.00 Å². The van der Waals surface area contributed by atoms with E-state index < -0.39 is 0 Å². The molecule has 0 radical (unpaired) electrons. The SMILES string of the molecule is Cc1c(C(=O)N(C)C)sc(NC(=O)c2ccccc2I)c1C#N. The molecule has 2 amide bonds. The Balaban J connectivity index is 2.39. The summed E-state index contributed by atoms with van der Waals surface area (Å²) in [6, 6.07) is 9.26. The number of carbonyl (C=O) groups is 2. The van der Waals surface area contributed by atoms with E-state index in [9.17, 15) is 14.9 Å². The van der Waals surface area contributed by atoms with E-state index in [4.69, 9.17) is 0 Å². The number of amides is 2. The molecule has 118 valence electrons. The van der Waals surface area contributed by atoms with Gasteiger partial charge in [0.2, 0.25) is 0 Å². The van der Waals surface area contributed by atoms with E-state index in [-0.39, 0.29) is 11.8 Å². The normalized spacial score (nSPS) is 10.0. The molecule has 0 aliphatic carbocycles. The molecular weight excluding hydrogens is 425 g/mol. The number of nitrogens with one attached hydrogen (secondary N) is 1. The van der Waals surface area contributed by atoms with Gasteiger partial charge in [-0.1, -0.05) is 12.1 Å². The zero-order valence-electron chi connectivity index (χ0n) is 12.8. The van der Waals surface area contributed by atoms with Crippen LogP contribution in [0.2, 0.25) is 0 Å². The molecule has 1 N–H and O–H groups in total. The minimum Gasteiger partial charge on any atom is -0.344 e. The van der Waals surface area contributed by atoms with E-state index in [0.29, 0.717) is 26.6 Å². The summed E-state index contributed by atoms with van der Waals surface area (Å²) in [5, 5.41) is 12.5. The van der Waals surface area contributed by atoms with Gasteiger partial charge >= 0.3 is 0 Å². The summed E-state index contributed by atoms with van der Waals surface area (Å²) in [4.78, 5) is 26.5. The minimum atomic E-state index is -0.295. The molecule has 1 aromatic carbocycles. The zero-order chi connectivity index (χ0) is 17.1. The van der Waals surface area contributed by atoms with E-state index >= 15 is 0 Å². The summed E-state index contributed by atoms with van der Waals surface area (Å²) in [6.45, 7) is 1.72. The van der Waals surface area contributed by atoms with Crippen LogP contribution in [0.3, 0.4) is 0 Å². The summed E-state index contributed by atoms with van der Waals surface area (Å²) in [7, 11) is 3.30. The fourth-order valence-electron chi connectivity index (χ4n) is 1.96. The van der Waals surface area contributed by atoms with Gasteiger partial charge in [-0.05, 0) is 47.2 Å². The molecule has 7 heteroatoms. The van der Waals surface area contributed by atoms with Gasteiger partial charge in [-0.25, -0.2) is 0 Å². The van der Waals surface area contributed by atoms with Crippen LogP contribution in [0, 0.1) is 21.8 Å². The second kappa shape index (κ2) is 7.10. The van der Waals surface area contributed by atoms with Crippen molar-refractivity contribution in [2.45, 2.75) is 6.92 Å². The number of nitriles is 1. The van der Waals surface area contributed by atoms with Crippen molar-refractivity contribution >= 4 is 50.7 Å². The molecule has 0 saturated carbocycles. The lowest BCUT2D eigenvalue weighted by Crippen LogP contribution is -2.21. The van der Waals surface area contributed by atoms with Crippen molar-refractivity contribution in [3.05, 3.63) is 49.4 Å². The van der Waals surface area contributed by atoms with Crippen LogP contribution in [0.1, 0.15) is 31.2 Å². The molecule has 0 unspecified atom stereocenters. The Morgan fingerprint density at radius 3 is 2.52 bits per heavy atom. The lowest BCUT2D eigenvalue weighted by Gasteiger charge is -2.08. The number of halogens is 1. The first-order valence-electron chi connectivity index (χ1n) is 6.67. The first-order chi connectivity index (χ1) is 10.9. The van der Waals surface area contributed by atoms with Crippen molar-refractivity contribution in [3.8, 4) is 6.07 Å². The quantitative estimate of drug-likeness (QED) is 0.745. The molecule has 0 bridgehead atoms. The second-order valence-electron chi connectivity index (χ2n) is 5.01. The van der Waals surface area contributed by atoms with Crippen LogP contribution in [0.5, 0.6) is 0 Å². The molecule has 0 saturated heterocycles. The largest absolute Gasteiger partial charge is 0.344 e. The minimum absolute atomic E-state index is 0.182. The summed E-state index contributed by atoms with van der Waals surface area (Å²) in [5.74, 6) is -0.476. The number of benzene rings is 1. The average molecular weight is 439 g/mol. The third-order valence-corrected chi connectivity index (χ3v) is 5.34. The average Bonchev–Trinajstić information content (AvgIpc) is 2.82. The maximum absolute atomic E-state index is 12.4. The van der Waals surface area contributed by atoms with Gasteiger partial charge in [0.25, 0.3) is 11.8 Å². The highest BCUT2D eigenvalue weighted by atomic mass is 127. The molecule has 0 atom stereocenters. The number of thiophene rings is 1. The van der Waals surface area contributed by atoms with Crippen LogP contribution in [0.25, 0.3) is 0 Å². The molecule has 0 aliphatic rings. The number of nitrogens with zero attached hydrogens (tertiary/aromatic N) is 2. The van der Waals surface area contributed by atoms with E-state index in [2.05, 4.69) is 34.0 Å². The molecule has 2 aromatic rings. The smallest absolute Gasteiger partial charge is 0.263 e. The second-order valence-corrected chi connectivity index (χ2v) is 7.19. The molecule has 0 spiro atoms. The number of rotatable bonds is 3. The van der Waals surface area contributed by atoms with Gasteiger partial charge in [0.1, 0.15) is 11.1 Å². The Bertz CT molecular complexity index is 821. The van der Waals surface area contributed by atoms with E-state index in [1.807, 2.05) is 12.1 Å². The molecule has 5 nitrogen and oxygen atoms in total. The fourth-order valence-corrected chi connectivity index (χ4v) is 3.77. The van der Waals surface area contributed by atoms with Gasteiger partial charge in [0.05, 0.1) is 16.0 Å². The number of hydrogen-bond donors (Lipinski definition) is 1. The number of hydrogen-bond acceptors (Lipinski definition) is 4. The highest BCUT2D eigenvalue weighted by Crippen LogP contribution is 2.33. The third kappa shape index (κ3) is 3.54. The summed E-state index contributed by atoms with van der Waals surface area (Å²) >= 11 is 3.21. The van der Waals surface area contributed by atoms with E-state index in [1.165, 1.54) is 4.90 Å². The predicted molar refractivity (Wildman–Crippen MR) is 98.9 cm³/mol. The topological polar surface area (TPSA) is 73.2 Å². The Morgan fingerprint density at radius 1 is 1.30 bits per heavy atom. The van der Waals surface area contributed by atoms with Crippen LogP contribution >= 0.6 is 33.9 Å². The molecule has 0 aliphatic heterocycles. The summed E-state index contributed by atoms with van der Waals surface area (Å²) in [5.41, 5.74) is 1.46. The van der Waals surface area contributed by atoms with E-state index in [0.717, 1.165) is 14.9 Å². The highest BCUT2D eigenvalue weighted by Gasteiger charge is 2.23. The maximum atomic E-state index is 12.4. The zero-order valence-corrected chi connectivity index (χ0v) is 15.8. The van der Waals surface area contributed by atoms with Gasteiger partial charge in [0.15, 0.2) is 0 Å². The highest BCUT2D eigenvalue weighted by molar-refractivity contribution is 14.1. The summed E-state index contributed by atoms with van der Waals surface area (Å²) < 4.78 is 0.818.